The predicted molar refractivity (Wildman–Crippen MR) is 127 cm³/mol. The number of morpholine rings is 1. The van der Waals surface area contributed by atoms with Gasteiger partial charge in [0.05, 0.1) is 64.6 Å². The number of hydrogen-bond acceptors (Lipinski definition) is 7. The van der Waals surface area contributed by atoms with Crippen LogP contribution in [0, 0.1) is 0 Å². The number of anilines is 2. The van der Waals surface area contributed by atoms with E-state index in [0.29, 0.717) is 35.5 Å². The number of nitrogens with one attached hydrogen (secondary N) is 3. The molecule has 1 aromatic carbocycles. The first-order valence-corrected chi connectivity index (χ1v) is 11.2. The summed E-state index contributed by atoms with van der Waals surface area (Å²) >= 11 is 12.3. The van der Waals surface area contributed by atoms with Gasteiger partial charge in [0.1, 0.15) is 5.82 Å². The van der Waals surface area contributed by atoms with E-state index in [9.17, 15) is 0 Å². The van der Waals surface area contributed by atoms with Crippen molar-refractivity contribution in [2.45, 2.75) is 6.54 Å². The van der Waals surface area contributed by atoms with E-state index in [2.05, 4.69) is 35.4 Å². The van der Waals surface area contributed by atoms with Crippen LogP contribution in [0.3, 0.4) is 0 Å². The normalized spacial score (nSPS) is 14.4. The highest BCUT2D eigenvalue weighted by Gasteiger charge is 2.19. The van der Waals surface area contributed by atoms with Crippen molar-refractivity contribution < 1.29 is 4.74 Å². The maximum atomic E-state index is 6.14. The van der Waals surface area contributed by atoms with Crippen LogP contribution < -0.4 is 10.2 Å². The minimum atomic E-state index is 0.458. The zero-order chi connectivity index (χ0) is 22.4. The molecule has 6 rings (SSSR count). The molecule has 1 aliphatic heterocycles. The Morgan fingerprint density at radius 1 is 1.09 bits per heavy atom. The highest BCUT2D eigenvalue weighted by molar-refractivity contribution is 6.42. The molecule has 0 spiro atoms. The van der Waals surface area contributed by atoms with Gasteiger partial charge in [0.2, 0.25) is 0 Å². The Bertz CT molecular complexity index is 1400. The highest BCUT2D eigenvalue weighted by atomic mass is 35.5. The molecule has 168 valence electrons. The molecule has 0 unspecified atom stereocenters. The lowest BCUT2D eigenvalue weighted by Gasteiger charge is -2.28. The van der Waals surface area contributed by atoms with E-state index in [0.717, 1.165) is 52.7 Å². The molecule has 0 saturated carbocycles. The standard InChI is InChI=1S/C21H19Cl2N9O/c22-13-5-15-16(6-14(13)23)29-19(28-15)11-24-17-7-20(31-1-3-33-4-2-31)30-32-18(10-25-21(17)32)12-8-26-27-9-12/h5-10,24H,1-4,11H2,(H,26,27)(H,28,29). The van der Waals surface area contributed by atoms with Crippen LogP contribution in [0.25, 0.3) is 27.9 Å². The summed E-state index contributed by atoms with van der Waals surface area (Å²) in [4.78, 5) is 14.7. The van der Waals surface area contributed by atoms with Crippen molar-refractivity contribution in [1.29, 1.82) is 0 Å². The Kier molecular flexibility index (Phi) is 5.05. The first-order valence-electron chi connectivity index (χ1n) is 10.4. The number of rotatable bonds is 5. The van der Waals surface area contributed by atoms with Crippen LogP contribution in [0.4, 0.5) is 11.5 Å². The predicted octanol–water partition coefficient (Wildman–Crippen LogP) is 3.75. The summed E-state index contributed by atoms with van der Waals surface area (Å²) in [6, 6.07) is 5.55. The third-order valence-electron chi connectivity index (χ3n) is 5.60. The van der Waals surface area contributed by atoms with E-state index < -0.39 is 0 Å². The molecule has 10 nitrogen and oxygen atoms in total. The van der Waals surface area contributed by atoms with Gasteiger partial charge in [-0.1, -0.05) is 23.2 Å². The van der Waals surface area contributed by atoms with Crippen molar-refractivity contribution >= 4 is 51.4 Å². The second kappa shape index (κ2) is 8.22. The molecular weight excluding hydrogens is 465 g/mol. The first kappa shape index (κ1) is 20.3. The molecule has 0 amide bonds. The van der Waals surface area contributed by atoms with Crippen molar-refractivity contribution in [2.75, 3.05) is 36.5 Å². The van der Waals surface area contributed by atoms with Crippen LogP contribution in [0.5, 0.6) is 0 Å². The smallest absolute Gasteiger partial charge is 0.177 e. The second-order valence-corrected chi connectivity index (χ2v) is 8.52. The van der Waals surface area contributed by atoms with Crippen molar-refractivity contribution in [3.05, 3.63) is 52.7 Å². The van der Waals surface area contributed by atoms with Gasteiger partial charge >= 0.3 is 0 Å². The molecule has 5 heterocycles. The van der Waals surface area contributed by atoms with Crippen LogP contribution in [-0.2, 0) is 11.3 Å². The molecule has 1 saturated heterocycles. The third kappa shape index (κ3) is 3.75. The molecule has 0 atom stereocenters. The molecule has 0 aliphatic carbocycles. The average Bonchev–Trinajstić information content (AvgIpc) is 3.58. The van der Waals surface area contributed by atoms with E-state index in [4.69, 9.17) is 33.0 Å². The molecular formula is C21H19Cl2N9O. The minimum Gasteiger partial charge on any atom is -0.378 e. The number of hydrogen-bond donors (Lipinski definition) is 3. The third-order valence-corrected chi connectivity index (χ3v) is 6.33. The van der Waals surface area contributed by atoms with Gasteiger partial charge in [-0.25, -0.2) is 14.5 Å². The molecule has 1 aliphatic rings. The Balaban J connectivity index is 1.38. The van der Waals surface area contributed by atoms with Crippen LogP contribution >= 0.6 is 23.2 Å². The van der Waals surface area contributed by atoms with Crippen molar-refractivity contribution in [3.8, 4) is 11.3 Å². The van der Waals surface area contributed by atoms with Crippen LogP contribution in [-0.4, -0.2) is 61.1 Å². The summed E-state index contributed by atoms with van der Waals surface area (Å²) in [6.45, 7) is 3.35. The molecule has 0 bridgehead atoms. The molecule has 33 heavy (non-hydrogen) atoms. The maximum absolute atomic E-state index is 6.14. The molecule has 1 fully saturated rings. The molecule has 4 aromatic heterocycles. The Hall–Kier alpha value is -3.34. The summed E-state index contributed by atoms with van der Waals surface area (Å²) in [7, 11) is 0. The van der Waals surface area contributed by atoms with Gasteiger partial charge in [-0.3, -0.25) is 5.10 Å². The van der Waals surface area contributed by atoms with E-state index in [-0.39, 0.29) is 0 Å². The van der Waals surface area contributed by atoms with Crippen LogP contribution in [0.2, 0.25) is 10.0 Å². The number of imidazole rings is 2. The van der Waals surface area contributed by atoms with Gasteiger partial charge in [-0.2, -0.15) is 5.10 Å². The quantitative estimate of drug-likeness (QED) is 0.348. The Labute approximate surface area is 197 Å². The summed E-state index contributed by atoms with van der Waals surface area (Å²) in [6.07, 6.45) is 5.38. The number of aromatic nitrogens is 7. The fourth-order valence-electron chi connectivity index (χ4n) is 3.94. The molecule has 12 heteroatoms. The van der Waals surface area contributed by atoms with Crippen LogP contribution in [0.1, 0.15) is 5.82 Å². The Morgan fingerprint density at radius 2 is 1.94 bits per heavy atom. The topological polar surface area (TPSA) is 112 Å². The fourth-order valence-corrected chi connectivity index (χ4v) is 4.26. The average molecular weight is 484 g/mol. The maximum Gasteiger partial charge on any atom is 0.177 e. The molecule has 3 N–H and O–H groups in total. The largest absolute Gasteiger partial charge is 0.378 e. The second-order valence-electron chi connectivity index (χ2n) is 7.70. The van der Waals surface area contributed by atoms with Crippen molar-refractivity contribution in [1.82, 2.24) is 34.8 Å². The van der Waals surface area contributed by atoms with Crippen molar-refractivity contribution in [2.24, 2.45) is 0 Å². The lowest BCUT2D eigenvalue weighted by atomic mass is 10.3. The lowest BCUT2D eigenvalue weighted by Crippen LogP contribution is -2.37. The van der Waals surface area contributed by atoms with E-state index in [1.807, 2.05) is 16.8 Å². The number of halogens is 2. The number of nitrogens with zero attached hydrogens (tertiary/aromatic N) is 6. The minimum absolute atomic E-state index is 0.458. The fraction of sp³-hybridized carbons (Fsp3) is 0.238. The summed E-state index contributed by atoms with van der Waals surface area (Å²) in [5.41, 5.74) is 4.91. The summed E-state index contributed by atoms with van der Waals surface area (Å²) in [5, 5.41) is 16.2. The highest BCUT2D eigenvalue weighted by Crippen LogP contribution is 2.29. The van der Waals surface area contributed by atoms with E-state index in [1.165, 1.54) is 0 Å². The first-order chi connectivity index (χ1) is 16.2. The summed E-state index contributed by atoms with van der Waals surface area (Å²) in [5.74, 6) is 1.60. The number of benzene rings is 1. The number of fused-ring (bicyclic) bond motifs is 2. The monoisotopic (exact) mass is 483 g/mol. The molecule has 0 radical (unpaired) electrons. The van der Waals surface area contributed by atoms with Crippen LogP contribution in [0.15, 0.2) is 36.8 Å². The van der Waals surface area contributed by atoms with Gasteiger partial charge in [-0.15, -0.1) is 5.10 Å². The van der Waals surface area contributed by atoms with Crippen molar-refractivity contribution in [3.63, 3.8) is 0 Å². The number of aromatic amines is 2. The van der Waals surface area contributed by atoms with E-state index >= 15 is 0 Å². The van der Waals surface area contributed by atoms with Gasteiger partial charge in [0, 0.05) is 30.9 Å². The van der Waals surface area contributed by atoms with Gasteiger partial charge < -0.3 is 19.9 Å². The van der Waals surface area contributed by atoms with Gasteiger partial charge in [-0.05, 0) is 12.1 Å². The van der Waals surface area contributed by atoms with Gasteiger partial charge in [0.25, 0.3) is 0 Å². The molecule has 5 aromatic rings. The SMILES string of the molecule is Clc1cc2nc(CNc3cc(N4CCOCC4)nn4c(-c5cn[nH]c5)cnc34)[nH]c2cc1Cl. The number of ether oxygens (including phenoxy) is 1. The van der Waals surface area contributed by atoms with Gasteiger partial charge in [0.15, 0.2) is 11.5 Å². The lowest BCUT2D eigenvalue weighted by molar-refractivity contribution is 0.122. The zero-order valence-electron chi connectivity index (χ0n) is 17.3. The Morgan fingerprint density at radius 3 is 2.76 bits per heavy atom. The van der Waals surface area contributed by atoms with E-state index in [1.54, 1.807) is 24.5 Å². The zero-order valence-corrected chi connectivity index (χ0v) is 18.9. The number of H-pyrrole nitrogens is 2. The summed E-state index contributed by atoms with van der Waals surface area (Å²) < 4.78 is 7.35.